The molecule has 1 heterocycles. The molecule has 3 atom stereocenters. The minimum atomic E-state index is -4.00. The van der Waals surface area contributed by atoms with Gasteiger partial charge in [0.25, 0.3) is 5.91 Å². The van der Waals surface area contributed by atoms with E-state index in [9.17, 15) is 28.6 Å². The Morgan fingerprint density at radius 1 is 1.28 bits per heavy atom. The molecule has 0 radical (unpaired) electrons. The highest BCUT2D eigenvalue weighted by Gasteiger charge is 2.55. The lowest BCUT2D eigenvalue weighted by Gasteiger charge is -2.31. The molecular formula is C19H26BrN4O7P. The van der Waals surface area contributed by atoms with Crippen LogP contribution in [-0.2, 0) is 23.5 Å². The summed E-state index contributed by atoms with van der Waals surface area (Å²) >= 11 is 3.28. The van der Waals surface area contributed by atoms with E-state index in [2.05, 4.69) is 41.7 Å². The zero-order chi connectivity index (χ0) is 24.1. The molecule has 1 aliphatic heterocycles. The van der Waals surface area contributed by atoms with Gasteiger partial charge in [0.15, 0.2) is 11.8 Å². The SMILES string of the molecule is CCOP(=O)(O)CNC(=O)CC1(C(C)C)NC(=O)C(NC(=O)Nc2ccc(Br)cc2)C1=O. The van der Waals surface area contributed by atoms with Crippen molar-refractivity contribution >= 4 is 52.8 Å². The minimum Gasteiger partial charge on any atom is -0.344 e. The first-order chi connectivity index (χ1) is 14.9. The van der Waals surface area contributed by atoms with Crippen LogP contribution in [0.5, 0.6) is 0 Å². The number of benzene rings is 1. The van der Waals surface area contributed by atoms with Gasteiger partial charge in [0, 0.05) is 10.2 Å². The molecule has 1 aliphatic rings. The largest absolute Gasteiger partial charge is 0.347 e. The fourth-order valence-electron chi connectivity index (χ4n) is 3.21. The Hall–Kier alpha value is -2.27. The number of halogens is 1. The first kappa shape index (κ1) is 26.0. The summed E-state index contributed by atoms with van der Waals surface area (Å²) in [5, 5.41) is 9.66. The van der Waals surface area contributed by atoms with Crippen LogP contribution in [0.3, 0.4) is 0 Å². The molecule has 13 heteroatoms. The molecule has 4 amide bonds. The van der Waals surface area contributed by atoms with E-state index >= 15 is 0 Å². The molecule has 1 aromatic rings. The normalized spacial score (nSPS) is 22.2. The molecule has 0 aromatic heterocycles. The highest BCUT2D eigenvalue weighted by molar-refractivity contribution is 9.10. The molecule has 0 aliphatic carbocycles. The smallest absolute Gasteiger partial charge is 0.344 e. The zero-order valence-corrected chi connectivity index (χ0v) is 20.3. The van der Waals surface area contributed by atoms with Gasteiger partial charge in [-0.05, 0) is 37.1 Å². The zero-order valence-electron chi connectivity index (χ0n) is 17.8. The first-order valence-corrected chi connectivity index (χ1v) is 12.4. The van der Waals surface area contributed by atoms with E-state index in [4.69, 9.17) is 0 Å². The van der Waals surface area contributed by atoms with Crippen LogP contribution in [0.2, 0.25) is 0 Å². The molecule has 0 spiro atoms. The summed E-state index contributed by atoms with van der Waals surface area (Å²) < 4.78 is 17.2. The van der Waals surface area contributed by atoms with Crippen LogP contribution in [0.15, 0.2) is 28.7 Å². The maximum Gasteiger partial charge on any atom is 0.347 e. The van der Waals surface area contributed by atoms with Crippen molar-refractivity contribution in [2.75, 3.05) is 18.2 Å². The number of ketones is 1. The summed E-state index contributed by atoms with van der Waals surface area (Å²) in [7, 11) is -4.00. The first-order valence-electron chi connectivity index (χ1n) is 9.82. The predicted octanol–water partition coefficient (Wildman–Crippen LogP) is 1.72. The van der Waals surface area contributed by atoms with Crippen molar-refractivity contribution < 1.29 is 33.2 Å². The number of amides is 4. The van der Waals surface area contributed by atoms with E-state index < -0.39 is 61.4 Å². The molecule has 11 nitrogen and oxygen atoms in total. The van der Waals surface area contributed by atoms with Crippen molar-refractivity contribution in [3.05, 3.63) is 28.7 Å². The predicted molar refractivity (Wildman–Crippen MR) is 120 cm³/mol. The van der Waals surface area contributed by atoms with Gasteiger partial charge in [-0.1, -0.05) is 29.8 Å². The molecule has 32 heavy (non-hydrogen) atoms. The summed E-state index contributed by atoms with van der Waals surface area (Å²) in [5.41, 5.74) is -1.13. The average molecular weight is 533 g/mol. The third-order valence-electron chi connectivity index (χ3n) is 4.92. The fourth-order valence-corrected chi connectivity index (χ4v) is 4.34. The van der Waals surface area contributed by atoms with Gasteiger partial charge in [-0.3, -0.25) is 18.9 Å². The van der Waals surface area contributed by atoms with Crippen LogP contribution < -0.4 is 21.3 Å². The van der Waals surface area contributed by atoms with Crippen LogP contribution in [-0.4, -0.2) is 53.0 Å². The molecule has 0 saturated carbocycles. The number of carbonyl (C=O) groups is 4. The summed E-state index contributed by atoms with van der Waals surface area (Å²) in [5.74, 6) is -2.64. The highest BCUT2D eigenvalue weighted by Crippen LogP contribution is 2.40. The Labute approximate surface area is 193 Å². The number of rotatable bonds is 9. The van der Waals surface area contributed by atoms with E-state index in [0.717, 1.165) is 4.47 Å². The van der Waals surface area contributed by atoms with E-state index in [-0.39, 0.29) is 6.61 Å². The second kappa shape index (κ2) is 10.6. The van der Waals surface area contributed by atoms with Gasteiger partial charge < -0.3 is 30.7 Å². The molecule has 1 aromatic carbocycles. The van der Waals surface area contributed by atoms with Crippen molar-refractivity contribution in [1.82, 2.24) is 16.0 Å². The van der Waals surface area contributed by atoms with Crippen molar-refractivity contribution in [1.29, 1.82) is 0 Å². The summed E-state index contributed by atoms with van der Waals surface area (Å²) in [6.07, 6.45) is -1.10. The van der Waals surface area contributed by atoms with Gasteiger partial charge in [0.2, 0.25) is 5.91 Å². The molecule has 2 rings (SSSR count). The molecule has 3 unspecified atom stereocenters. The van der Waals surface area contributed by atoms with Gasteiger partial charge in [0.1, 0.15) is 11.8 Å². The molecule has 176 valence electrons. The van der Waals surface area contributed by atoms with Crippen LogP contribution in [0.1, 0.15) is 27.2 Å². The fraction of sp³-hybridized carbons (Fsp3) is 0.474. The Balaban J connectivity index is 2.07. The topological polar surface area (TPSA) is 163 Å². The van der Waals surface area contributed by atoms with Crippen LogP contribution in [0.4, 0.5) is 10.5 Å². The summed E-state index contributed by atoms with van der Waals surface area (Å²) in [4.78, 5) is 59.9. The van der Waals surface area contributed by atoms with Crippen molar-refractivity contribution in [2.24, 2.45) is 5.92 Å². The summed E-state index contributed by atoms with van der Waals surface area (Å²) in [6.45, 7) is 4.81. The Kier molecular flexibility index (Phi) is 8.58. The monoisotopic (exact) mass is 532 g/mol. The van der Waals surface area contributed by atoms with Crippen molar-refractivity contribution in [3.8, 4) is 0 Å². The van der Waals surface area contributed by atoms with Gasteiger partial charge in [0.05, 0.1) is 13.0 Å². The standard InChI is InChI=1S/C19H26BrN4O7P/c1-4-31-32(29,30)10-21-14(25)9-19(11(2)3)16(26)15(17(27)24-19)23-18(28)22-13-7-5-12(20)6-8-13/h5-8,11,15H,4,9-10H2,1-3H3,(H,21,25)(H,24,27)(H,29,30)(H2,22,23,28). The molecule has 1 saturated heterocycles. The van der Waals surface area contributed by atoms with Crippen LogP contribution >= 0.6 is 23.5 Å². The Bertz CT molecular complexity index is 940. The third kappa shape index (κ3) is 6.38. The third-order valence-corrected chi connectivity index (χ3v) is 6.67. The van der Waals surface area contributed by atoms with Gasteiger partial charge in [-0.2, -0.15) is 0 Å². The number of hydrogen-bond acceptors (Lipinski definition) is 6. The molecule has 1 fully saturated rings. The quantitative estimate of drug-likeness (QED) is 0.238. The van der Waals surface area contributed by atoms with Gasteiger partial charge in [-0.15, -0.1) is 0 Å². The number of nitrogens with one attached hydrogen (secondary N) is 4. The van der Waals surface area contributed by atoms with E-state index in [0.29, 0.717) is 5.69 Å². The number of anilines is 1. The van der Waals surface area contributed by atoms with Gasteiger partial charge in [-0.25, -0.2) is 4.79 Å². The number of hydrogen-bond donors (Lipinski definition) is 5. The number of Topliss-reactive ketones (excluding diaryl/α,β-unsaturated/α-hetero) is 1. The molecule has 0 bridgehead atoms. The Morgan fingerprint density at radius 2 is 1.91 bits per heavy atom. The van der Waals surface area contributed by atoms with Crippen LogP contribution in [0.25, 0.3) is 0 Å². The minimum absolute atomic E-state index is 0.0101. The highest BCUT2D eigenvalue weighted by atomic mass is 79.9. The second-order valence-corrected chi connectivity index (χ2v) is 10.3. The molecule has 5 N–H and O–H groups in total. The molecular weight excluding hydrogens is 507 g/mol. The maximum atomic E-state index is 13.1. The second-order valence-electron chi connectivity index (χ2n) is 7.51. The lowest BCUT2D eigenvalue weighted by molar-refractivity contribution is -0.131. The number of carbonyl (C=O) groups excluding carboxylic acids is 4. The van der Waals surface area contributed by atoms with Crippen molar-refractivity contribution in [2.45, 2.75) is 38.8 Å². The lowest BCUT2D eigenvalue weighted by atomic mass is 9.80. The lowest BCUT2D eigenvalue weighted by Crippen LogP contribution is -2.55. The maximum absolute atomic E-state index is 13.1. The number of urea groups is 1. The summed E-state index contributed by atoms with van der Waals surface area (Å²) in [6, 6.07) is 4.43. The van der Waals surface area contributed by atoms with Crippen LogP contribution in [0, 0.1) is 5.92 Å². The van der Waals surface area contributed by atoms with E-state index in [1.54, 1.807) is 38.1 Å². The van der Waals surface area contributed by atoms with E-state index in [1.807, 2.05) is 0 Å². The van der Waals surface area contributed by atoms with Crippen molar-refractivity contribution in [3.63, 3.8) is 0 Å². The van der Waals surface area contributed by atoms with Gasteiger partial charge >= 0.3 is 13.6 Å². The Morgan fingerprint density at radius 3 is 2.47 bits per heavy atom. The van der Waals surface area contributed by atoms with E-state index in [1.165, 1.54) is 6.92 Å². The average Bonchev–Trinajstić information content (AvgIpc) is 2.93.